The zero-order valence-corrected chi connectivity index (χ0v) is 6.54. The van der Waals surface area contributed by atoms with Crippen LogP contribution >= 0.6 is 0 Å². The largest absolute Gasteiger partial charge is 0.313 e. The minimum Gasteiger partial charge on any atom is -0.313 e. The molecule has 0 aromatic carbocycles. The third-order valence-corrected chi connectivity index (χ3v) is 1.30. The molecule has 0 spiro atoms. The highest BCUT2D eigenvalue weighted by molar-refractivity contribution is 4.94. The Morgan fingerprint density at radius 3 is 2.67 bits per heavy atom. The maximum absolute atomic E-state index is 3.88. The van der Waals surface area contributed by atoms with Crippen molar-refractivity contribution >= 4 is 0 Å². The van der Waals surface area contributed by atoms with Crippen molar-refractivity contribution in [2.24, 2.45) is 0 Å². The lowest BCUT2D eigenvalue weighted by Gasteiger charge is -2.02. The third-order valence-electron chi connectivity index (χ3n) is 1.30. The molecule has 0 fully saturated rings. The lowest BCUT2D eigenvalue weighted by molar-refractivity contribution is 0.705. The van der Waals surface area contributed by atoms with Crippen molar-refractivity contribution in [2.75, 3.05) is 13.1 Å². The van der Waals surface area contributed by atoms with Gasteiger partial charge >= 0.3 is 0 Å². The summed E-state index contributed by atoms with van der Waals surface area (Å²) in [5.41, 5.74) is 1.29. The molecule has 0 saturated carbocycles. The van der Waals surface area contributed by atoms with E-state index in [1.807, 2.05) is 0 Å². The molecule has 0 unspecified atom stereocenters. The summed E-state index contributed by atoms with van der Waals surface area (Å²) in [6.07, 6.45) is 2.30. The normalized spacial score (nSPS) is 9.56. The Morgan fingerprint density at radius 1 is 1.56 bits per heavy atom. The van der Waals surface area contributed by atoms with Crippen LogP contribution in [0.2, 0.25) is 0 Å². The standard InChI is InChI=1S/C8H17N.H2/c1-4-6-9-7-8(3)5-2;/h9H,3-7H2,1-2H3;1H. The van der Waals surface area contributed by atoms with E-state index in [1.54, 1.807) is 0 Å². The molecule has 1 nitrogen and oxygen atoms in total. The molecule has 56 valence electrons. The Kier molecular flexibility index (Phi) is 5.64. The van der Waals surface area contributed by atoms with E-state index in [1.165, 1.54) is 12.0 Å². The molecule has 0 saturated heterocycles. The average molecular weight is 129 g/mol. The fourth-order valence-electron chi connectivity index (χ4n) is 0.567. The Balaban J connectivity index is 0. The van der Waals surface area contributed by atoms with Crippen LogP contribution in [0.25, 0.3) is 0 Å². The highest BCUT2D eigenvalue weighted by atomic mass is 14.8. The van der Waals surface area contributed by atoms with Crippen molar-refractivity contribution in [1.82, 2.24) is 5.32 Å². The Labute approximate surface area is 59.6 Å². The van der Waals surface area contributed by atoms with E-state index >= 15 is 0 Å². The molecule has 0 aromatic rings. The summed E-state index contributed by atoms with van der Waals surface area (Å²) < 4.78 is 0. The third kappa shape index (κ3) is 5.57. The Hall–Kier alpha value is -0.300. The van der Waals surface area contributed by atoms with Gasteiger partial charge in [0.15, 0.2) is 0 Å². The summed E-state index contributed by atoms with van der Waals surface area (Å²) in [5.74, 6) is 0. The van der Waals surface area contributed by atoms with Gasteiger partial charge in [-0.15, -0.1) is 0 Å². The van der Waals surface area contributed by atoms with Crippen molar-refractivity contribution in [3.05, 3.63) is 12.2 Å². The van der Waals surface area contributed by atoms with Gasteiger partial charge in [0, 0.05) is 7.97 Å². The number of nitrogens with one attached hydrogen (secondary N) is 1. The first-order valence-corrected chi connectivity index (χ1v) is 3.68. The molecule has 0 aromatic heterocycles. The molecular weight excluding hydrogens is 110 g/mol. The van der Waals surface area contributed by atoms with Gasteiger partial charge in [-0.1, -0.05) is 26.0 Å². The fourth-order valence-corrected chi connectivity index (χ4v) is 0.567. The van der Waals surface area contributed by atoms with Crippen LogP contribution in [0.15, 0.2) is 12.2 Å². The van der Waals surface area contributed by atoms with Crippen molar-refractivity contribution in [3.63, 3.8) is 0 Å². The van der Waals surface area contributed by atoms with Gasteiger partial charge in [-0.3, -0.25) is 0 Å². The van der Waals surface area contributed by atoms with Crippen molar-refractivity contribution in [1.29, 1.82) is 0 Å². The molecule has 0 bridgehead atoms. The van der Waals surface area contributed by atoms with Crippen LogP contribution in [0.1, 0.15) is 28.1 Å². The van der Waals surface area contributed by atoms with E-state index in [2.05, 4.69) is 25.7 Å². The number of rotatable bonds is 5. The van der Waals surface area contributed by atoms with Crippen LogP contribution in [-0.2, 0) is 0 Å². The molecule has 0 aliphatic rings. The first-order valence-electron chi connectivity index (χ1n) is 3.68. The molecule has 0 rings (SSSR count). The first kappa shape index (κ1) is 8.70. The summed E-state index contributed by atoms with van der Waals surface area (Å²) in [4.78, 5) is 0. The zero-order valence-electron chi connectivity index (χ0n) is 6.54. The molecule has 0 heterocycles. The van der Waals surface area contributed by atoms with Crippen molar-refractivity contribution in [3.8, 4) is 0 Å². The molecule has 0 amide bonds. The minimum atomic E-state index is 0. The van der Waals surface area contributed by atoms with Gasteiger partial charge in [0.25, 0.3) is 0 Å². The monoisotopic (exact) mass is 129 g/mol. The maximum atomic E-state index is 3.88. The molecular formula is C8H19N. The summed E-state index contributed by atoms with van der Waals surface area (Å²) in [6.45, 7) is 10.3. The van der Waals surface area contributed by atoms with Gasteiger partial charge in [0.2, 0.25) is 0 Å². The van der Waals surface area contributed by atoms with Crippen LogP contribution in [0, 0.1) is 0 Å². The Morgan fingerprint density at radius 2 is 2.22 bits per heavy atom. The van der Waals surface area contributed by atoms with E-state index in [-0.39, 0.29) is 1.43 Å². The predicted octanol–water partition coefficient (Wildman–Crippen LogP) is 2.20. The SMILES string of the molecule is C=C(CC)CNCCC.[HH]. The maximum Gasteiger partial charge on any atom is 0.0161 e. The highest BCUT2D eigenvalue weighted by Gasteiger charge is 1.86. The average Bonchev–Trinajstić information content (AvgIpc) is 1.89. The second-order valence-electron chi connectivity index (χ2n) is 2.28. The van der Waals surface area contributed by atoms with Gasteiger partial charge in [0.05, 0.1) is 0 Å². The van der Waals surface area contributed by atoms with Crippen molar-refractivity contribution in [2.45, 2.75) is 26.7 Å². The first-order chi connectivity index (χ1) is 4.31. The molecule has 9 heavy (non-hydrogen) atoms. The lowest BCUT2D eigenvalue weighted by atomic mass is 10.2. The minimum absolute atomic E-state index is 0. The summed E-state index contributed by atoms with van der Waals surface area (Å²) in [7, 11) is 0. The van der Waals surface area contributed by atoms with Gasteiger partial charge in [-0.25, -0.2) is 0 Å². The Bertz CT molecular complexity index is 81.3. The van der Waals surface area contributed by atoms with Gasteiger partial charge in [0.1, 0.15) is 0 Å². The smallest absolute Gasteiger partial charge is 0.0161 e. The quantitative estimate of drug-likeness (QED) is 0.443. The number of hydrogen-bond acceptors (Lipinski definition) is 1. The van der Waals surface area contributed by atoms with E-state index in [0.717, 1.165) is 19.5 Å². The molecule has 0 radical (unpaired) electrons. The van der Waals surface area contributed by atoms with Gasteiger partial charge in [-0.05, 0) is 19.4 Å². The van der Waals surface area contributed by atoms with Crippen molar-refractivity contribution < 1.29 is 1.43 Å². The highest BCUT2D eigenvalue weighted by Crippen LogP contribution is 1.91. The fraction of sp³-hybridized carbons (Fsp3) is 0.750. The molecule has 0 atom stereocenters. The van der Waals surface area contributed by atoms with E-state index in [9.17, 15) is 0 Å². The van der Waals surface area contributed by atoms with Crippen LogP contribution < -0.4 is 5.32 Å². The predicted molar refractivity (Wildman–Crippen MR) is 44.7 cm³/mol. The van der Waals surface area contributed by atoms with Gasteiger partial charge in [-0.2, -0.15) is 0 Å². The zero-order chi connectivity index (χ0) is 7.11. The van der Waals surface area contributed by atoms with Gasteiger partial charge < -0.3 is 5.32 Å². The summed E-state index contributed by atoms with van der Waals surface area (Å²) in [5, 5.41) is 3.29. The van der Waals surface area contributed by atoms with Crippen LogP contribution in [0.3, 0.4) is 0 Å². The second-order valence-corrected chi connectivity index (χ2v) is 2.28. The summed E-state index contributed by atoms with van der Waals surface area (Å²) in [6, 6.07) is 0. The second kappa shape index (κ2) is 5.83. The lowest BCUT2D eigenvalue weighted by Crippen LogP contribution is -2.16. The van der Waals surface area contributed by atoms with E-state index < -0.39 is 0 Å². The molecule has 1 N–H and O–H groups in total. The van der Waals surface area contributed by atoms with Crippen LogP contribution in [0.4, 0.5) is 0 Å². The van der Waals surface area contributed by atoms with E-state index in [4.69, 9.17) is 0 Å². The summed E-state index contributed by atoms with van der Waals surface area (Å²) >= 11 is 0. The van der Waals surface area contributed by atoms with Crippen LogP contribution in [-0.4, -0.2) is 13.1 Å². The number of hydrogen-bond donors (Lipinski definition) is 1. The van der Waals surface area contributed by atoms with Crippen LogP contribution in [0.5, 0.6) is 0 Å². The molecule has 0 aliphatic heterocycles. The van der Waals surface area contributed by atoms with E-state index in [0.29, 0.717) is 0 Å². The molecule has 1 heteroatoms. The molecule has 0 aliphatic carbocycles. The topological polar surface area (TPSA) is 12.0 Å².